The van der Waals surface area contributed by atoms with Crippen LogP contribution in [-0.2, 0) is 0 Å². The molecule has 2 N–H and O–H groups in total. The average molecular weight is 263 g/mol. The number of hydrogen-bond acceptors (Lipinski definition) is 4. The van der Waals surface area contributed by atoms with Crippen molar-refractivity contribution in [1.29, 1.82) is 0 Å². The molecule has 1 aliphatic rings. The number of nitro groups is 1. The van der Waals surface area contributed by atoms with Crippen molar-refractivity contribution >= 4 is 17.3 Å². The van der Waals surface area contributed by atoms with Gasteiger partial charge in [0.2, 0.25) is 0 Å². The molecule has 6 nitrogen and oxygen atoms in total. The number of carbonyl (C=O) groups excluding carboxylic acids is 1. The van der Waals surface area contributed by atoms with Gasteiger partial charge in [-0.3, -0.25) is 14.9 Å². The van der Waals surface area contributed by atoms with Crippen LogP contribution < -0.4 is 5.73 Å². The Morgan fingerprint density at radius 1 is 1.58 bits per heavy atom. The molecule has 1 unspecified atom stereocenters. The first-order valence-corrected chi connectivity index (χ1v) is 6.40. The molecule has 1 atom stereocenters. The Kier molecular flexibility index (Phi) is 3.69. The third-order valence-electron chi connectivity index (χ3n) is 3.62. The summed E-state index contributed by atoms with van der Waals surface area (Å²) in [5.41, 5.74) is 5.73. The van der Waals surface area contributed by atoms with Crippen molar-refractivity contribution in [3.05, 3.63) is 33.9 Å². The Balaban J connectivity index is 2.34. The number of amides is 1. The molecule has 1 fully saturated rings. The molecule has 1 heterocycles. The molecule has 0 aliphatic carbocycles. The zero-order chi connectivity index (χ0) is 14.0. The van der Waals surface area contributed by atoms with E-state index in [0.29, 0.717) is 6.54 Å². The lowest BCUT2D eigenvalue weighted by molar-refractivity contribution is -0.383. The van der Waals surface area contributed by atoms with Gasteiger partial charge in [0, 0.05) is 18.7 Å². The number of nitrogens with zero attached hydrogens (tertiary/aromatic N) is 2. The van der Waals surface area contributed by atoms with Gasteiger partial charge in [-0.05, 0) is 25.3 Å². The predicted molar refractivity (Wildman–Crippen MR) is 71.9 cm³/mol. The Labute approximate surface area is 111 Å². The van der Waals surface area contributed by atoms with E-state index in [2.05, 4.69) is 0 Å². The van der Waals surface area contributed by atoms with Crippen molar-refractivity contribution < 1.29 is 9.72 Å². The van der Waals surface area contributed by atoms with Gasteiger partial charge >= 0.3 is 0 Å². The maximum Gasteiger partial charge on any atom is 0.292 e. The molecular formula is C13H17N3O3. The molecule has 6 heteroatoms. The van der Waals surface area contributed by atoms with Gasteiger partial charge in [0.15, 0.2) is 0 Å². The predicted octanol–water partition coefficient (Wildman–Crippen LogP) is 2.19. The molecule has 1 aromatic rings. The minimum atomic E-state index is -0.562. The summed E-state index contributed by atoms with van der Waals surface area (Å²) in [5, 5.41) is 10.8. The molecule has 1 aromatic carbocycles. The SMILES string of the molecule is CCC1CCCN1C(=O)c1cccc([N+](=O)[O-])c1N. The summed E-state index contributed by atoms with van der Waals surface area (Å²) >= 11 is 0. The van der Waals surface area contributed by atoms with Crippen molar-refractivity contribution in [2.45, 2.75) is 32.2 Å². The van der Waals surface area contributed by atoms with Gasteiger partial charge in [0.05, 0.1) is 10.5 Å². The molecule has 2 rings (SSSR count). The molecule has 19 heavy (non-hydrogen) atoms. The van der Waals surface area contributed by atoms with Crippen LogP contribution in [0.25, 0.3) is 0 Å². The first-order chi connectivity index (χ1) is 9.06. The van der Waals surface area contributed by atoms with E-state index < -0.39 is 4.92 Å². The second-order valence-corrected chi connectivity index (χ2v) is 4.70. The molecular weight excluding hydrogens is 246 g/mol. The third kappa shape index (κ3) is 2.38. The van der Waals surface area contributed by atoms with Gasteiger partial charge in [-0.1, -0.05) is 13.0 Å². The largest absolute Gasteiger partial charge is 0.393 e. The van der Waals surface area contributed by atoms with E-state index in [1.165, 1.54) is 12.1 Å². The summed E-state index contributed by atoms with van der Waals surface area (Å²) < 4.78 is 0. The number of nitrogen functional groups attached to an aromatic ring is 1. The average Bonchev–Trinajstić information content (AvgIpc) is 2.86. The van der Waals surface area contributed by atoms with Gasteiger partial charge in [-0.25, -0.2) is 0 Å². The monoisotopic (exact) mass is 263 g/mol. The number of likely N-dealkylation sites (tertiary alicyclic amines) is 1. The summed E-state index contributed by atoms with van der Waals surface area (Å²) in [6.07, 6.45) is 2.84. The van der Waals surface area contributed by atoms with Crippen molar-refractivity contribution in [2.75, 3.05) is 12.3 Å². The number of carbonyl (C=O) groups is 1. The number of benzene rings is 1. The maximum atomic E-state index is 12.4. The van der Waals surface area contributed by atoms with Crippen molar-refractivity contribution in [2.24, 2.45) is 0 Å². The second-order valence-electron chi connectivity index (χ2n) is 4.70. The number of anilines is 1. The number of rotatable bonds is 3. The molecule has 0 aromatic heterocycles. The lowest BCUT2D eigenvalue weighted by atomic mass is 10.1. The van der Waals surface area contributed by atoms with Gasteiger partial charge < -0.3 is 10.6 Å². The Hall–Kier alpha value is -2.11. The Bertz CT molecular complexity index is 516. The van der Waals surface area contributed by atoms with Crippen LogP contribution >= 0.6 is 0 Å². The quantitative estimate of drug-likeness (QED) is 0.514. The summed E-state index contributed by atoms with van der Waals surface area (Å²) in [4.78, 5) is 24.5. The van der Waals surface area contributed by atoms with Gasteiger partial charge in [0.1, 0.15) is 5.69 Å². The van der Waals surface area contributed by atoms with Crippen LogP contribution in [0.15, 0.2) is 18.2 Å². The lowest BCUT2D eigenvalue weighted by Crippen LogP contribution is -2.35. The van der Waals surface area contributed by atoms with E-state index in [0.717, 1.165) is 19.3 Å². The summed E-state index contributed by atoms with van der Waals surface area (Å²) in [5.74, 6) is -0.203. The Morgan fingerprint density at radius 3 is 2.95 bits per heavy atom. The zero-order valence-corrected chi connectivity index (χ0v) is 10.8. The number of nitro benzene ring substituents is 1. The van der Waals surface area contributed by atoms with Crippen LogP contribution in [0.3, 0.4) is 0 Å². The van der Waals surface area contributed by atoms with Crippen LogP contribution in [0.1, 0.15) is 36.5 Å². The van der Waals surface area contributed by atoms with E-state index in [1.54, 1.807) is 11.0 Å². The molecule has 0 bridgehead atoms. The zero-order valence-electron chi connectivity index (χ0n) is 10.8. The van der Waals surface area contributed by atoms with E-state index in [-0.39, 0.29) is 28.9 Å². The first-order valence-electron chi connectivity index (χ1n) is 6.40. The van der Waals surface area contributed by atoms with Crippen LogP contribution in [0.4, 0.5) is 11.4 Å². The summed E-state index contributed by atoms with van der Waals surface area (Å²) in [6, 6.07) is 4.58. The van der Waals surface area contributed by atoms with Crippen LogP contribution in [0.5, 0.6) is 0 Å². The lowest BCUT2D eigenvalue weighted by Gasteiger charge is -2.24. The van der Waals surface area contributed by atoms with E-state index in [9.17, 15) is 14.9 Å². The van der Waals surface area contributed by atoms with Crippen molar-refractivity contribution in [3.8, 4) is 0 Å². The number of nitrogens with two attached hydrogens (primary N) is 1. The first kappa shape index (κ1) is 13.3. The number of para-hydroxylation sites is 1. The fourth-order valence-corrected chi connectivity index (χ4v) is 2.58. The molecule has 0 saturated carbocycles. The van der Waals surface area contributed by atoms with Crippen LogP contribution in [0, 0.1) is 10.1 Å². The fourth-order valence-electron chi connectivity index (χ4n) is 2.58. The van der Waals surface area contributed by atoms with E-state index in [4.69, 9.17) is 5.73 Å². The van der Waals surface area contributed by atoms with E-state index >= 15 is 0 Å². The highest BCUT2D eigenvalue weighted by molar-refractivity contribution is 6.01. The van der Waals surface area contributed by atoms with Crippen molar-refractivity contribution in [1.82, 2.24) is 4.90 Å². The van der Waals surface area contributed by atoms with Crippen molar-refractivity contribution in [3.63, 3.8) is 0 Å². The van der Waals surface area contributed by atoms with E-state index in [1.807, 2.05) is 6.92 Å². The third-order valence-corrected chi connectivity index (χ3v) is 3.62. The smallest absolute Gasteiger partial charge is 0.292 e. The minimum Gasteiger partial charge on any atom is -0.393 e. The normalized spacial score (nSPS) is 18.6. The van der Waals surface area contributed by atoms with Crippen LogP contribution in [-0.4, -0.2) is 28.3 Å². The molecule has 0 spiro atoms. The standard InChI is InChI=1S/C13H17N3O3/c1-2-9-5-4-8-15(9)13(17)10-6-3-7-11(12(10)14)16(18)19/h3,6-7,9H,2,4-5,8,14H2,1H3. The molecule has 0 radical (unpaired) electrons. The topological polar surface area (TPSA) is 89.5 Å². The molecule has 1 saturated heterocycles. The highest BCUT2D eigenvalue weighted by Gasteiger charge is 2.30. The summed E-state index contributed by atoms with van der Waals surface area (Å²) in [7, 11) is 0. The number of hydrogen-bond donors (Lipinski definition) is 1. The highest BCUT2D eigenvalue weighted by atomic mass is 16.6. The molecule has 1 aliphatic heterocycles. The second kappa shape index (κ2) is 5.26. The van der Waals surface area contributed by atoms with Crippen LogP contribution in [0.2, 0.25) is 0 Å². The van der Waals surface area contributed by atoms with Gasteiger partial charge in [-0.2, -0.15) is 0 Å². The maximum absolute atomic E-state index is 12.4. The minimum absolute atomic E-state index is 0.0424. The van der Waals surface area contributed by atoms with Gasteiger partial charge in [0.25, 0.3) is 11.6 Å². The summed E-state index contributed by atoms with van der Waals surface area (Å²) in [6.45, 7) is 2.73. The highest BCUT2D eigenvalue weighted by Crippen LogP contribution is 2.29. The molecule has 1 amide bonds. The fraction of sp³-hybridized carbons (Fsp3) is 0.462. The van der Waals surface area contributed by atoms with Gasteiger partial charge in [-0.15, -0.1) is 0 Å². The Morgan fingerprint density at radius 2 is 2.32 bits per heavy atom. The molecule has 102 valence electrons.